The number of amides is 1. The summed E-state index contributed by atoms with van der Waals surface area (Å²) in [7, 11) is 0. The van der Waals surface area contributed by atoms with Gasteiger partial charge in [0.05, 0.1) is 12.2 Å². The van der Waals surface area contributed by atoms with Crippen LogP contribution in [0.1, 0.15) is 57.3 Å². The molecule has 25 heavy (non-hydrogen) atoms. The van der Waals surface area contributed by atoms with E-state index in [9.17, 15) is 14.0 Å². The summed E-state index contributed by atoms with van der Waals surface area (Å²) in [4.78, 5) is 26.1. The van der Waals surface area contributed by atoms with Crippen molar-refractivity contribution >= 4 is 28.2 Å². The number of carbonyl (C=O) groups excluding carboxylic acids is 2. The van der Waals surface area contributed by atoms with Crippen LogP contribution >= 0.6 is 11.3 Å². The molecule has 3 rings (SSSR count). The summed E-state index contributed by atoms with van der Waals surface area (Å²) in [6.45, 7) is 2.29. The van der Waals surface area contributed by atoms with Crippen molar-refractivity contribution < 1.29 is 18.7 Å². The zero-order valence-corrected chi connectivity index (χ0v) is 14.9. The molecule has 1 aromatic heterocycles. The van der Waals surface area contributed by atoms with E-state index in [2.05, 4.69) is 5.32 Å². The number of aryl methyl sites for hydroxylation is 1. The van der Waals surface area contributed by atoms with E-state index in [0.717, 1.165) is 42.5 Å². The van der Waals surface area contributed by atoms with Gasteiger partial charge < -0.3 is 10.1 Å². The third kappa shape index (κ3) is 3.90. The molecule has 1 heterocycles. The van der Waals surface area contributed by atoms with Crippen LogP contribution < -0.4 is 5.32 Å². The molecule has 1 aromatic carbocycles. The minimum absolute atomic E-state index is 0.348. The van der Waals surface area contributed by atoms with Gasteiger partial charge in [0.15, 0.2) is 0 Å². The van der Waals surface area contributed by atoms with E-state index < -0.39 is 5.82 Å². The maximum Gasteiger partial charge on any atom is 0.341 e. The third-order valence-electron chi connectivity index (χ3n) is 4.15. The zero-order valence-electron chi connectivity index (χ0n) is 14.1. The second kappa shape index (κ2) is 7.78. The number of hydrogen-bond donors (Lipinski definition) is 1. The van der Waals surface area contributed by atoms with Crippen LogP contribution in [0, 0.1) is 5.82 Å². The van der Waals surface area contributed by atoms with Gasteiger partial charge in [-0.3, -0.25) is 4.79 Å². The molecule has 0 spiro atoms. The van der Waals surface area contributed by atoms with Gasteiger partial charge in [0, 0.05) is 10.4 Å². The number of benzene rings is 1. The predicted octanol–water partition coefficient (Wildman–Crippen LogP) is 4.59. The van der Waals surface area contributed by atoms with Crippen molar-refractivity contribution in [2.24, 2.45) is 0 Å². The number of thiophene rings is 1. The van der Waals surface area contributed by atoms with Crippen LogP contribution in [-0.4, -0.2) is 18.5 Å². The maximum atomic E-state index is 13.0. The lowest BCUT2D eigenvalue weighted by atomic mass is 9.95. The van der Waals surface area contributed by atoms with E-state index in [1.165, 1.54) is 35.6 Å². The summed E-state index contributed by atoms with van der Waals surface area (Å²) in [6, 6.07) is 5.33. The SMILES string of the molecule is CCCOC(=O)c1c(NC(=O)c2ccc(F)cc2)sc2c1CCCC2. The predicted molar refractivity (Wildman–Crippen MR) is 95.9 cm³/mol. The summed E-state index contributed by atoms with van der Waals surface area (Å²) in [5, 5.41) is 3.35. The lowest BCUT2D eigenvalue weighted by molar-refractivity contribution is 0.0505. The van der Waals surface area contributed by atoms with Crippen LogP contribution in [0.15, 0.2) is 24.3 Å². The van der Waals surface area contributed by atoms with Gasteiger partial charge in [-0.05, 0) is 61.9 Å². The van der Waals surface area contributed by atoms with Crippen molar-refractivity contribution in [1.82, 2.24) is 0 Å². The molecular formula is C19H20FNO3S. The average molecular weight is 361 g/mol. The molecule has 0 atom stereocenters. The highest BCUT2D eigenvalue weighted by molar-refractivity contribution is 7.17. The highest BCUT2D eigenvalue weighted by atomic mass is 32.1. The fourth-order valence-corrected chi connectivity index (χ4v) is 4.19. The first kappa shape index (κ1) is 17.6. The first-order valence-corrected chi connectivity index (χ1v) is 9.30. The molecule has 132 valence electrons. The Morgan fingerprint density at radius 1 is 1.20 bits per heavy atom. The van der Waals surface area contributed by atoms with E-state index >= 15 is 0 Å². The molecule has 2 aromatic rings. The van der Waals surface area contributed by atoms with Gasteiger partial charge in [0.1, 0.15) is 10.8 Å². The molecule has 0 unspecified atom stereocenters. The normalized spacial score (nSPS) is 13.2. The second-order valence-corrected chi connectivity index (χ2v) is 7.12. The number of ether oxygens (including phenoxy) is 1. The number of halogens is 1. The molecule has 6 heteroatoms. The monoisotopic (exact) mass is 361 g/mol. The first-order valence-electron chi connectivity index (χ1n) is 8.48. The Morgan fingerprint density at radius 2 is 1.92 bits per heavy atom. The van der Waals surface area contributed by atoms with Crippen LogP contribution in [0.4, 0.5) is 9.39 Å². The Hall–Kier alpha value is -2.21. The number of carbonyl (C=O) groups is 2. The molecule has 0 aliphatic heterocycles. The molecule has 1 aliphatic carbocycles. The van der Waals surface area contributed by atoms with E-state index in [-0.39, 0.29) is 11.9 Å². The van der Waals surface area contributed by atoms with Crippen molar-refractivity contribution in [2.75, 3.05) is 11.9 Å². The average Bonchev–Trinajstić information content (AvgIpc) is 2.98. The Bertz CT molecular complexity index is 783. The van der Waals surface area contributed by atoms with Gasteiger partial charge in [-0.15, -0.1) is 11.3 Å². The molecule has 1 amide bonds. The maximum absolute atomic E-state index is 13.0. The number of nitrogens with one attached hydrogen (secondary N) is 1. The molecule has 0 bridgehead atoms. The fraction of sp³-hybridized carbons (Fsp3) is 0.368. The molecule has 0 saturated carbocycles. The quantitative estimate of drug-likeness (QED) is 0.793. The zero-order chi connectivity index (χ0) is 17.8. The number of fused-ring (bicyclic) bond motifs is 1. The standard InChI is InChI=1S/C19H20FNO3S/c1-2-11-24-19(23)16-14-5-3-4-6-15(14)25-18(16)21-17(22)12-7-9-13(20)10-8-12/h7-10H,2-6,11H2,1H3,(H,21,22). The Labute approximate surface area is 150 Å². The number of anilines is 1. The van der Waals surface area contributed by atoms with E-state index in [0.29, 0.717) is 22.7 Å². The lowest BCUT2D eigenvalue weighted by Gasteiger charge is -2.12. The van der Waals surface area contributed by atoms with Crippen LogP contribution in [0.5, 0.6) is 0 Å². The highest BCUT2D eigenvalue weighted by Gasteiger charge is 2.27. The van der Waals surface area contributed by atoms with Crippen molar-refractivity contribution in [1.29, 1.82) is 0 Å². The summed E-state index contributed by atoms with van der Waals surface area (Å²) in [5.41, 5.74) is 1.84. The summed E-state index contributed by atoms with van der Waals surface area (Å²) < 4.78 is 18.3. The van der Waals surface area contributed by atoms with E-state index in [1.807, 2.05) is 6.92 Å². The lowest BCUT2D eigenvalue weighted by Crippen LogP contribution is -2.16. The topological polar surface area (TPSA) is 55.4 Å². The molecule has 1 N–H and O–H groups in total. The molecule has 0 fully saturated rings. The van der Waals surface area contributed by atoms with Gasteiger partial charge in [0.25, 0.3) is 5.91 Å². The largest absolute Gasteiger partial charge is 0.462 e. The van der Waals surface area contributed by atoms with Crippen molar-refractivity contribution in [3.63, 3.8) is 0 Å². The summed E-state index contributed by atoms with van der Waals surface area (Å²) >= 11 is 1.44. The summed E-state index contributed by atoms with van der Waals surface area (Å²) in [6.07, 6.45) is 4.61. The Morgan fingerprint density at radius 3 is 2.64 bits per heavy atom. The Balaban J connectivity index is 1.89. The number of esters is 1. The highest BCUT2D eigenvalue weighted by Crippen LogP contribution is 2.38. The Kier molecular flexibility index (Phi) is 5.48. The van der Waals surface area contributed by atoms with Gasteiger partial charge in [-0.2, -0.15) is 0 Å². The first-order chi connectivity index (χ1) is 12.1. The van der Waals surface area contributed by atoms with Crippen molar-refractivity contribution in [3.8, 4) is 0 Å². The van der Waals surface area contributed by atoms with Crippen LogP contribution in [0.2, 0.25) is 0 Å². The minimum Gasteiger partial charge on any atom is -0.462 e. The fourth-order valence-electron chi connectivity index (χ4n) is 2.91. The minimum atomic E-state index is -0.396. The van der Waals surface area contributed by atoms with E-state index in [1.54, 1.807) is 0 Å². The molecular weight excluding hydrogens is 341 g/mol. The molecule has 1 aliphatic rings. The van der Waals surface area contributed by atoms with Crippen LogP contribution in [0.25, 0.3) is 0 Å². The van der Waals surface area contributed by atoms with Gasteiger partial charge in [0.2, 0.25) is 0 Å². The van der Waals surface area contributed by atoms with Crippen LogP contribution in [0.3, 0.4) is 0 Å². The molecule has 0 saturated heterocycles. The van der Waals surface area contributed by atoms with Crippen molar-refractivity contribution in [2.45, 2.75) is 39.0 Å². The van der Waals surface area contributed by atoms with E-state index in [4.69, 9.17) is 4.74 Å². The van der Waals surface area contributed by atoms with Crippen molar-refractivity contribution in [3.05, 3.63) is 51.7 Å². The molecule has 4 nitrogen and oxygen atoms in total. The van der Waals surface area contributed by atoms with Gasteiger partial charge in [-0.1, -0.05) is 6.92 Å². The summed E-state index contributed by atoms with van der Waals surface area (Å²) in [5.74, 6) is -1.13. The number of rotatable bonds is 5. The third-order valence-corrected chi connectivity index (χ3v) is 5.35. The second-order valence-electron chi connectivity index (χ2n) is 6.01. The van der Waals surface area contributed by atoms with Gasteiger partial charge >= 0.3 is 5.97 Å². The van der Waals surface area contributed by atoms with Crippen LogP contribution in [-0.2, 0) is 17.6 Å². The number of hydrogen-bond acceptors (Lipinski definition) is 4. The smallest absolute Gasteiger partial charge is 0.341 e. The molecule has 0 radical (unpaired) electrons. The van der Waals surface area contributed by atoms with Gasteiger partial charge in [-0.25, -0.2) is 9.18 Å².